The van der Waals surface area contributed by atoms with Crippen molar-refractivity contribution in [2.45, 2.75) is 6.92 Å². The molecule has 1 heterocycles. The number of esters is 1. The van der Waals surface area contributed by atoms with Crippen molar-refractivity contribution in [3.8, 4) is 11.5 Å². The number of hydrazone groups is 1. The average molecular weight is 457 g/mol. The minimum Gasteiger partial charge on any atom is -0.490 e. The lowest BCUT2D eigenvalue weighted by Gasteiger charge is -2.11. The summed E-state index contributed by atoms with van der Waals surface area (Å²) in [7, 11) is 1.27. The Labute approximate surface area is 186 Å². The SMILES string of the molecule is CCOc1cc(C=NNC(=O)c2cc3cc([N+](=O)[O-])ccc3s2)ccc1OCC(=O)OC. The fourth-order valence-electron chi connectivity index (χ4n) is 2.66. The first-order valence-electron chi connectivity index (χ1n) is 9.39. The van der Waals surface area contributed by atoms with Crippen molar-refractivity contribution in [3.63, 3.8) is 0 Å². The summed E-state index contributed by atoms with van der Waals surface area (Å²) in [5.74, 6) is -0.166. The van der Waals surface area contributed by atoms with Gasteiger partial charge in [-0.1, -0.05) is 0 Å². The fraction of sp³-hybridized carbons (Fsp3) is 0.190. The van der Waals surface area contributed by atoms with Gasteiger partial charge in [-0.25, -0.2) is 10.2 Å². The van der Waals surface area contributed by atoms with Gasteiger partial charge >= 0.3 is 5.97 Å². The highest BCUT2D eigenvalue weighted by molar-refractivity contribution is 7.20. The van der Waals surface area contributed by atoms with Crippen LogP contribution in [0.3, 0.4) is 0 Å². The molecule has 3 aromatic rings. The van der Waals surface area contributed by atoms with Gasteiger partial charge in [0, 0.05) is 22.2 Å². The Morgan fingerprint density at radius 1 is 1.16 bits per heavy atom. The smallest absolute Gasteiger partial charge is 0.343 e. The quantitative estimate of drug-likeness (QED) is 0.225. The zero-order chi connectivity index (χ0) is 23.1. The van der Waals surface area contributed by atoms with Crippen molar-refractivity contribution in [2.75, 3.05) is 20.3 Å². The molecule has 0 aliphatic carbocycles. The first-order chi connectivity index (χ1) is 15.4. The van der Waals surface area contributed by atoms with E-state index >= 15 is 0 Å². The zero-order valence-corrected chi connectivity index (χ0v) is 18.0. The van der Waals surface area contributed by atoms with E-state index in [0.29, 0.717) is 33.9 Å². The lowest BCUT2D eigenvalue weighted by Crippen LogP contribution is -2.16. The van der Waals surface area contributed by atoms with E-state index in [1.54, 1.807) is 30.3 Å². The molecule has 0 atom stereocenters. The van der Waals surface area contributed by atoms with Crippen LogP contribution in [0.25, 0.3) is 10.1 Å². The van der Waals surface area contributed by atoms with Gasteiger partial charge in [-0.15, -0.1) is 11.3 Å². The Morgan fingerprint density at radius 2 is 1.97 bits per heavy atom. The van der Waals surface area contributed by atoms with E-state index in [1.807, 2.05) is 6.92 Å². The molecule has 1 amide bonds. The number of hydrogen-bond donors (Lipinski definition) is 1. The third-order valence-corrected chi connectivity index (χ3v) is 5.27. The van der Waals surface area contributed by atoms with Crippen molar-refractivity contribution < 1.29 is 28.7 Å². The summed E-state index contributed by atoms with van der Waals surface area (Å²) >= 11 is 1.21. The minimum absolute atomic E-state index is 0.0376. The minimum atomic E-state index is -0.517. The maximum Gasteiger partial charge on any atom is 0.343 e. The number of thiophene rings is 1. The number of carbonyl (C=O) groups excluding carboxylic acids is 2. The van der Waals surface area contributed by atoms with Crippen LogP contribution in [0.5, 0.6) is 11.5 Å². The molecular weight excluding hydrogens is 438 g/mol. The Balaban J connectivity index is 1.68. The summed E-state index contributed by atoms with van der Waals surface area (Å²) < 4.78 is 16.2. The van der Waals surface area contributed by atoms with Crippen LogP contribution in [0.4, 0.5) is 5.69 Å². The van der Waals surface area contributed by atoms with E-state index in [9.17, 15) is 19.7 Å². The van der Waals surface area contributed by atoms with Gasteiger partial charge in [0.1, 0.15) is 0 Å². The lowest BCUT2D eigenvalue weighted by molar-refractivity contribution is -0.384. The highest BCUT2D eigenvalue weighted by Gasteiger charge is 2.13. The van der Waals surface area contributed by atoms with E-state index in [4.69, 9.17) is 9.47 Å². The molecular formula is C21H19N3O7S. The average Bonchev–Trinajstić information content (AvgIpc) is 3.22. The number of methoxy groups -OCH3 is 1. The van der Waals surface area contributed by atoms with E-state index < -0.39 is 16.8 Å². The van der Waals surface area contributed by atoms with Crippen LogP contribution < -0.4 is 14.9 Å². The van der Waals surface area contributed by atoms with E-state index in [-0.39, 0.29) is 12.3 Å². The normalized spacial score (nSPS) is 10.8. The molecule has 1 aromatic heterocycles. The van der Waals surface area contributed by atoms with Crippen LogP contribution in [0.1, 0.15) is 22.2 Å². The summed E-state index contributed by atoms with van der Waals surface area (Å²) in [4.78, 5) is 34.4. The number of non-ortho nitro benzene ring substituents is 1. The monoisotopic (exact) mass is 457 g/mol. The molecule has 0 saturated heterocycles. The summed E-state index contributed by atoms with van der Waals surface area (Å²) in [5, 5.41) is 15.5. The zero-order valence-electron chi connectivity index (χ0n) is 17.2. The van der Waals surface area contributed by atoms with Crippen LogP contribution in [0.15, 0.2) is 47.6 Å². The van der Waals surface area contributed by atoms with Crippen LogP contribution in [0, 0.1) is 10.1 Å². The molecule has 2 aromatic carbocycles. The largest absolute Gasteiger partial charge is 0.490 e. The fourth-order valence-corrected chi connectivity index (χ4v) is 3.60. The number of nitrogens with zero attached hydrogens (tertiary/aromatic N) is 2. The van der Waals surface area contributed by atoms with E-state index in [2.05, 4.69) is 15.3 Å². The highest BCUT2D eigenvalue weighted by atomic mass is 32.1. The van der Waals surface area contributed by atoms with Crippen LogP contribution in [-0.2, 0) is 9.53 Å². The molecule has 0 saturated carbocycles. The topological polar surface area (TPSA) is 129 Å². The second kappa shape index (κ2) is 10.4. The molecule has 32 heavy (non-hydrogen) atoms. The summed E-state index contributed by atoms with van der Waals surface area (Å²) in [5.41, 5.74) is 3.03. The Bertz CT molecular complexity index is 1190. The molecule has 166 valence electrons. The number of nitrogens with one attached hydrogen (secondary N) is 1. The van der Waals surface area contributed by atoms with Crippen LogP contribution in [-0.4, -0.2) is 43.3 Å². The van der Waals surface area contributed by atoms with Crippen LogP contribution >= 0.6 is 11.3 Å². The van der Waals surface area contributed by atoms with Gasteiger partial charge in [-0.2, -0.15) is 5.10 Å². The third-order valence-electron chi connectivity index (χ3n) is 4.16. The van der Waals surface area contributed by atoms with Crippen molar-refractivity contribution in [1.29, 1.82) is 0 Å². The Hall–Kier alpha value is -3.99. The number of nitro benzene ring substituents is 1. The van der Waals surface area contributed by atoms with Crippen molar-refractivity contribution in [2.24, 2.45) is 5.10 Å². The number of amides is 1. The van der Waals surface area contributed by atoms with Crippen molar-refractivity contribution in [3.05, 3.63) is 63.0 Å². The number of rotatable bonds is 9. The van der Waals surface area contributed by atoms with Gasteiger partial charge in [0.15, 0.2) is 18.1 Å². The standard InChI is InChI=1S/C21H19N3O7S/c1-3-30-17-8-13(4-6-16(17)31-12-20(25)29-2)11-22-23-21(26)19-10-14-9-15(24(27)28)5-7-18(14)32-19/h4-11H,3,12H2,1-2H3,(H,23,26). The number of ether oxygens (including phenoxy) is 3. The van der Waals surface area contributed by atoms with E-state index in [1.165, 1.54) is 36.8 Å². The number of benzene rings is 2. The van der Waals surface area contributed by atoms with Gasteiger partial charge < -0.3 is 14.2 Å². The molecule has 3 rings (SSSR count). The van der Waals surface area contributed by atoms with Crippen LogP contribution in [0.2, 0.25) is 0 Å². The van der Waals surface area contributed by atoms with Crippen molar-refractivity contribution >= 4 is 45.2 Å². The molecule has 0 radical (unpaired) electrons. The lowest BCUT2D eigenvalue weighted by atomic mass is 10.2. The third kappa shape index (κ3) is 5.58. The highest BCUT2D eigenvalue weighted by Crippen LogP contribution is 2.29. The number of carbonyl (C=O) groups is 2. The predicted octanol–water partition coefficient (Wildman–Crippen LogP) is 3.52. The Kier molecular flexibility index (Phi) is 7.34. The summed E-state index contributed by atoms with van der Waals surface area (Å²) in [6.07, 6.45) is 1.43. The number of fused-ring (bicyclic) bond motifs is 1. The molecule has 0 aliphatic heterocycles. The van der Waals surface area contributed by atoms with E-state index in [0.717, 1.165) is 4.70 Å². The first kappa shape index (κ1) is 22.7. The Morgan fingerprint density at radius 3 is 2.69 bits per heavy atom. The summed E-state index contributed by atoms with van der Waals surface area (Å²) in [6, 6.07) is 11.0. The van der Waals surface area contributed by atoms with Gasteiger partial charge in [-0.05, 0) is 42.8 Å². The molecule has 0 fully saturated rings. The maximum absolute atomic E-state index is 12.4. The molecule has 10 nitrogen and oxygen atoms in total. The number of nitro groups is 1. The van der Waals surface area contributed by atoms with Gasteiger partial charge in [-0.3, -0.25) is 14.9 Å². The number of hydrogen-bond acceptors (Lipinski definition) is 9. The molecule has 0 bridgehead atoms. The van der Waals surface area contributed by atoms with Gasteiger partial charge in [0.05, 0.1) is 29.7 Å². The second-order valence-electron chi connectivity index (χ2n) is 6.29. The van der Waals surface area contributed by atoms with Crippen molar-refractivity contribution in [1.82, 2.24) is 5.43 Å². The first-order valence-corrected chi connectivity index (χ1v) is 10.2. The predicted molar refractivity (Wildman–Crippen MR) is 119 cm³/mol. The second-order valence-corrected chi connectivity index (χ2v) is 7.38. The summed E-state index contributed by atoms with van der Waals surface area (Å²) in [6.45, 7) is 1.94. The molecule has 11 heteroatoms. The molecule has 1 N–H and O–H groups in total. The molecule has 0 spiro atoms. The maximum atomic E-state index is 12.4. The van der Waals surface area contributed by atoms with Gasteiger partial charge in [0.2, 0.25) is 0 Å². The molecule has 0 unspecified atom stereocenters. The van der Waals surface area contributed by atoms with Gasteiger partial charge in [0.25, 0.3) is 11.6 Å². The molecule has 0 aliphatic rings.